The molecule has 1 aliphatic heterocycles. The van der Waals surface area contributed by atoms with Crippen LogP contribution in [-0.4, -0.2) is 37.1 Å². The average Bonchev–Trinajstić information content (AvgIpc) is 2.76. The molecule has 0 aromatic rings. The maximum absolute atomic E-state index is 12.8. The second-order valence-corrected chi connectivity index (χ2v) is 6.61. The van der Waals surface area contributed by atoms with Gasteiger partial charge in [0.15, 0.2) is 0 Å². The van der Waals surface area contributed by atoms with Gasteiger partial charge in [-0.3, -0.25) is 4.79 Å². The summed E-state index contributed by atoms with van der Waals surface area (Å²) >= 11 is 0. The number of carbonyl (C=O) groups is 1. The zero-order valence-electron chi connectivity index (χ0n) is 10.4. The summed E-state index contributed by atoms with van der Waals surface area (Å²) in [5.74, 6) is 2.95. The third kappa shape index (κ3) is 1.35. The van der Waals surface area contributed by atoms with E-state index in [1.54, 1.807) is 0 Å². The van der Waals surface area contributed by atoms with Crippen molar-refractivity contribution in [2.24, 2.45) is 23.2 Å². The van der Waals surface area contributed by atoms with Crippen LogP contribution in [0.2, 0.25) is 0 Å². The monoisotopic (exact) mass is 235 g/mol. The van der Waals surface area contributed by atoms with Gasteiger partial charge in [-0.15, -0.1) is 0 Å². The Balaban J connectivity index is 1.59. The van der Waals surface area contributed by atoms with Gasteiger partial charge in [-0.1, -0.05) is 0 Å². The van der Waals surface area contributed by atoms with Crippen LogP contribution in [-0.2, 0) is 9.53 Å². The number of ether oxygens (including phenoxy) is 1. The smallest absolute Gasteiger partial charge is 0.229 e. The van der Waals surface area contributed by atoms with E-state index in [9.17, 15) is 4.79 Å². The predicted molar refractivity (Wildman–Crippen MR) is 63.4 cm³/mol. The van der Waals surface area contributed by atoms with Crippen LogP contribution in [0.4, 0.5) is 0 Å². The molecular weight excluding hydrogens is 214 g/mol. The summed E-state index contributed by atoms with van der Waals surface area (Å²) in [5.41, 5.74) is 0.0743. The molecule has 0 N–H and O–H groups in total. The van der Waals surface area contributed by atoms with Gasteiger partial charge in [0.1, 0.15) is 0 Å². The number of rotatable bonds is 1. The van der Waals surface area contributed by atoms with Crippen molar-refractivity contribution in [2.75, 3.05) is 26.3 Å². The van der Waals surface area contributed by atoms with Crippen LogP contribution in [0.5, 0.6) is 0 Å². The van der Waals surface area contributed by atoms with E-state index in [2.05, 4.69) is 4.90 Å². The van der Waals surface area contributed by atoms with Crippen LogP contribution in [0.15, 0.2) is 0 Å². The lowest BCUT2D eigenvalue weighted by Crippen LogP contribution is -2.49. The number of hydrogen-bond donors (Lipinski definition) is 0. The fourth-order valence-corrected chi connectivity index (χ4v) is 5.23. The van der Waals surface area contributed by atoms with E-state index in [0.717, 1.165) is 44.1 Å². The summed E-state index contributed by atoms with van der Waals surface area (Å²) in [5, 5.41) is 0. The Morgan fingerprint density at radius 2 is 1.71 bits per heavy atom. The molecule has 4 saturated carbocycles. The largest absolute Gasteiger partial charge is 0.378 e. The first-order valence-electron chi connectivity index (χ1n) is 7.15. The standard InChI is InChI=1S/C14H21NO2/c16-13(15-1-3-17-4-2-15)14-8-10-5-11(9-14)7-12(14)6-10/h10-12H,1-9H2. The van der Waals surface area contributed by atoms with E-state index in [1.807, 2.05) is 0 Å². The summed E-state index contributed by atoms with van der Waals surface area (Å²) in [6, 6.07) is 0. The minimum atomic E-state index is 0.0743. The Bertz CT molecular complexity index is 334. The maximum Gasteiger partial charge on any atom is 0.229 e. The summed E-state index contributed by atoms with van der Waals surface area (Å²) < 4.78 is 5.36. The highest BCUT2D eigenvalue weighted by molar-refractivity contribution is 5.84. The zero-order valence-corrected chi connectivity index (χ0v) is 10.4. The van der Waals surface area contributed by atoms with Crippen LogP contribution in [0.1, 0.15) is 32.1 Å². The Labute approximate surface area is 102 Å². The van der Waals surface area contributed by atoms with Gasteiger partial charge < -0.3 is 9.64 Å². The lowest BCUT2D eigenvalue weighted by atomic mass is 9.74. The number of amides is 1. The zero-order chi connectivity index (χ0) is 11.5. The second-order valence-electron chi connectivity index (χ2n) is 6.61. The van der Waals surface area contributed by atoms with Gasteiger partial charge in [0.05, 0.1) is 18.6 Å². The van der Waals surface area contributed by atoms with Gasteiger partial charge in [0.25, 0.3) is 0 Å². The molecule has 1 saturated heterocycles. The van der Waals surface area contributed by atoms with Crippen LogP contribution in [0, 0.1) is 23.2 Å². The molecule has 3 heteroatoms. The fraction of sp³-hybridized carbons (Fsp3) is 0.929. The van der Waals surface area contributed by atoms with Gasteiger partial charge in [-0.25, -0.2) is 0 Å². The molecule has 0 spiro atoms. The number of hydrogen-bond acceptors (Lipinski definition) is 2. The highest BCUT2D eigenvalue weighted by Crippen LogP contribution is 2.65. The normalized spacial score (nSPS) is 47.8. The molecule has 1 heterocycles. The number of carbonyl (C=O) groups excluding carboxylic acids is 1. The molecule has 5 fully saturated rings. The molecule has 17 heavy (non-hydrogen) atoms. The third-order valence-corrected chi connectivity index (χ3v) is 5.71. The highest BCUT2D eigenvalue weighted by Gasteiger charge is 2.62. The lowest BCUT2D eigenvalue weighted by molar-refractivity contribution is -0.148. The Hall–Kier alpha value is -0.570. The number of morpholine rings is 1. The van der Waals surface area contributed by atoms with Crippen molar-refractivity contribution in [3.8, 4) is 0 Å². The van der Waals surface area contributed by atoms with Crippen molar-refractivity contribution in [3.05, 3.63) is 0 Å². The molecule has 3 nitrogen and oxygen atoms in total. The molecule has 94 valence electrons. The van der Waals surface area contributed by atoms with Gasteiger partial charge >= 0.3 is 0 Å². The number of nitrogens with zero attached hydrogens (tertiary/aromatic N) is 1. The van der Waals surface area contributed by atoms with Crippen LogP contribution < -0.4 is 0 Å². The Kier molecular flexibility index (Phi) is 2.11. The third-order valence-electron chi connectivity index (χ3n) is 5.71. The fourth-order valence-electron chi connectivity index (χ4n) is 5.23. The summed E-state index contributed by atoms with van der Waals surface area (Å²) in [4.78, 5) is 14.9. The molecule has 0 radical (unpaired) electrons. The van der Waals surface area contributed by atoms with Gasteiger partial charge in [-0.05, 0) is 49.9 Å². The van der Waals surface area contributed by atoms with E-state index < -0.39 is 0 Å². The first kappa shape index (κ1) is 10.4. The van der Waals surface area contributed by atoms with Gasteiger partial charge in [-0.2, -0.15) is 0 Å². The molecule has 2 atom stereocenters. The molecule has 4 aliphatic carbocycles. The quantitative estimate of drug-likeness (QED) is 0.692. The Morgan fingerprint density at radius 3 is 2.35 bits per heavy atom. The van der Waals surface area contributed by atoms with E-state index in [-0.39, 0.29) is 5.41 Å². The molecule has 0 aromatic heterocycles. The van der Waals surface area contributed by atoms with Crippen LogP contribution in [0.25, 0.3) is 0 Å². The van der Waals surface area contributed by atoms with Crippen molar-refractivity contribution < 1.29 is 9.53 Å². The molecular formula is C14H21NO2. The van der Waals surface area contributed by atoms with E-state index in [0.29, 0.717) is 5.91 Å². The molecule has 5 aliphatic rings. The molecule has 0 aromatic carbocycles. The average molecular weight is 235 g/mol. The topological polar surface area (TPSA) is 29.5 Å². The summed E-state index contributed by atoms with van der Waals surface area (Å²) in [7, 11) is 0. The summed E-state index contributed by atoms with van der Waals surface area (Å²) in [6.07, 6.45) is 6.49. The summed E-state index contributed by atoms with van der Waals surface area (Å²) in [6.45, 7) is 3.12. The maximum atomic E-state index is 12.8. The van der Waals surface area contributed by atoms with Crippen molar-refractivity contribution in [1.82, 2.24) is 4.90 Å². The molecule has 2 unspecified atom stereocenters. The molecule has 1 amide bonds. The van der Waals surface area contributed by atoms with E-state index >= 15 is 0 Å². The highest BCUT2D eigenvalue weighted by atomic mass is 16.5. The second kappa shape index (κ2) is 3.47. The van der Waals surface area contributed by atoms with E-state index in [1.165, 1.54) is 32.1 Å². The van der Waals surface area contributed by atoms with Crippen molar-refractivity contribution in [1.29, 1.82) is 0 Å². The SMILES string of the molecule is O=C(N1CCOCC1)C12CC3CC(CC1C3)C2. The first-order chi connectivity index (χ1) is 8.28. The lowest BCUT2D eigenvalue weighted by Gasteiger charge is -2.38. The van der Waals surface area contributed by atoms with Gasteiger partial charge in [0.2, 0.25) is 5.91 Å². The first-order valence-corrected chi connectivity index (χ1v) is 7.15. The van der Waals surface area contributed by atoms with Crippen molar-refractivity contribution in [2.45, 2.75) is 32.1 Å². The minimum Gasteiger partial charge on any atom is -0.378 e. The molecule has 5 rings (SSSR count). The Morgan fingerprint density at radius 1 is 1.06 bits per heavy atom. The molecule has 4 bridgehead atoms. The van der Waals surface area contributed by atoms with Crippen LogP contribution in [0.3, 0.4) is 0 Å². The van der Waals surface area contributed by atoms with Crippen molar-refractivity contribution >= 4 is 5.91 Å². The minimum absolute atomic E-state index is 0.0743. The van der Waals surface area contributed by atoms with Crippen LogP contribution >= 0.6 is 0 Å². The van der Waals surface area contributed by atoms with E-state index in [4.69, 9.17) is 4.74 Å². The van der Waals surface area contributed by atoms with Crippen molar-refractivity contribution in [3.63, 3.8) is 0 Å². The van der Waals surface area contributed by atoms with Gasteiger partial charge in [0, 0.05) is 13.1 Å². The predicted octanol–water partition coefficient (Wildman–Crippen LogP) is 1.67.